The zero-order valence-corrected chi connectivity index (χ0v) is 22.4. The number of aromatic nitrogens is 3. The lowest BCUT2D eigenvalue weighted by molar-refractivity contribution is 0.0377. The lowest BCUT2D eigenvalue weighted by Gasteiger charge is -2.33. The van der Waals surface area contributed by atoms with Gasteiger partial charge in [-0.05, 0) is 63.7 Å². The molecule has 0 saturated carbocycles. The number of ether oxygens (including phenoxy) is 1. The summed E-state index contributed by atoms with van der Waals surface area (Å²) in [6.45, 7) is 9.19. The summed E-state index contributed by atoms with van der Waals surface area (Å²) in [5.41, 5.74) is 5.16. The molecule has 0 amide bonds. The minimum absolute atomic E-state index is 0.256. The van der Waals surface area contributed by atoms with Crippen molar-refractivity contribution < 1.29 is 13.9 Å². The van der Waals surface area contributed by atoms with Crippen molar-refractivity contribution in [1.82, 2.24) is 19.9 Å². The molecule has 0 unspecified atom stereocenters. The number of halogens is 1. The van der Waals surface area contributed by atoms with Crippen molar-refractivity contribution in [3.63, 3.8) is 0 Å². The number of hydrogen-bond acceptors (Lipinski definition) is 7. The van der Waals surface area contributed by atoms with Gasteiger partial charge in [0.25, 0.3) is 0 Å². The number of aromatic amines is 1. The molecule has 8 nitrogen and oxygen atoms in total. The molecule has 1 aromatic carbocycles. The van der Waals surface area contributed by atoms with Gasteiger partial charge in [0.05, 0.1) is 17.4 Å². The lowest BCUT2D eigenvalue weighted by Crippen LogP contribution is -2.44. The van der Waals surface area contributed by atoms with Crippen molar-refractivity contribution in [2.45, 2.75) is 26.9 Å². The topological polar surface area (TPSA) is 86.4 Å². The van der Waals surface area contributed by atoms with Crippen LogP contribution < -0.4 is 10.2 Å². The molecule has 1 aliphatic rings. The SMILES string of the molecule is CNc1cc(-c2c(-c3ccc(N4CCN(C)CC4)nc3)[nH]c3ncc(C(=O)OC(C)C)cc23)cc(F)c1C. The highest BCUT2D eigenvalue weighted by Gasteiger charge is 2.22. The Morgan fingerprint density at radius 1 is 1.08 bits per heavy atom. The first-order valence-corrected chi connectivity index (χ1v) is 12.9. The zero-order valence-electron chi connectivity index (χ0n) is 22.4. The fraction of sp³-hybridized carbons (Fsp3) is 0.345. The highest BCUT2D eigenvalue weighted by atomic mass is 19.1. The van der Waals surface area contributed by atoms with Gasteiger partial charge in [-0.15, -0.1) is 0 Å². The summed E-state index contributed by atoms with van der Waals surface area (Å²) in [6, 6.07) is 9.23. The fourth-order valence-electron chi connectivity index (χ4n) is 4.82. The summed E-state index contributed by atoms with van der Waals surface area (Å²) >= 11 is 0. The minimum atomic E-state index is -0.452. The molecule has 0 spiro atoms. The Morgan fingerprint density at radius 3 is 2.50 bits per heavy atom. The van der Waals surface area contributed by atoms with Crippen LogP contribution in [0.1, 0.15) is 29.8 Å². The van der Waals surface area contributed by atoms with Crippen LogP contribution in [-0.4, -0.2) is 72.2 Å². The zero-order chi connectivity index (χ0) is 27.0. The second-order valence-electron chi connectivity index (χ2n) is 10.0. The van der Waals surface area contributed by atoms with Crippen LogP contribution in [0.3, 0.4) is 0 Å². The van der Waals surface area contributed by atoms with E-state index in [9.17, 15) is 4.79 Å². The highest BCUT2D eigenvalue weighted by Crippen LogP contribution is 2.40. The van der Waals surface area contributed by atoms with Crippen LogP contribution in [0.4, 0.5) is 15.9 Å². The second-order valence-corrected chi connectivity index (χ2v) is 10.0. The molecular formula is C29H33FN6O2. The molecule has 3 aromatic heterocycles. The van der Waals surface area contributed by atoms with Crippen molar-refractivity contribution in [3.05, 3.63) is 59.7 Å². The standard InChI is InChI=1S/C29H33FN6O2/c1-17(2)38-29(37)21-12-22-26(20-13-23(30)18(3)24(14-20)31-4)27(34-28(22)33-16-21)19-6-7-25(32-15-19)36-10-8-35(5)9-11-36/h6-7,12-17,31H,8-11H2,1-5H3,(H,33,34). The first-order valence-electron chi connectivity index (χ1n) is 12.9. The van der Waals surface area contributed by atoms with Gasteiger partial charge in [0.1, 0.15) is 17.3 Å². The molecule has 4 heterocycles. The molecule has 0 bridgehead atoms. The van der Waals surface area contributed by atoms with Gasteiger partial charge in [0.2, 0.25) is 0 Å². The van der Waals surface area contributed by atoms with Crippen LogP contribution in [0.5, 0.6) is 0 Å². The predicted octanol–water partition coefficient (Wildman–Crippen LogP) is 5.10. The van der Waals surface area contributed by atoms with Crippen LogP contribution in [0.2, 0.25) is 0 Å². The summed E-state index contributed by atoms with van der Waals surface area (Å²) in [5.74, 6) is 0.154. The van der Waals surface area contributed by atoms with Crippen LogP contribution in [-0.2, 0) is 4.74 Å². The van der Waals surface area contributed by atoms with E-state index < -0.39 is 5.97 Å². The van der Waals surface area contributed by atoms with E-state index in [4.69, 9.17) is 9.72 Å². The summed E-state index contributed by atoms with van der Waals surface area (Å²) < 4.78 is 20.4. The molecule has 5 rings (SSSR count). The van der Waals surface area contributed by atoms with E-state index in [0.717, 1.165) is 48.8 Å². The van der Waals surface area contributed by atoms with E-state index in [1.54, 1.807) is 33.9 Å². The molecule has 1 saturated heterocycles. The second kappa shape index (κ2) is 10.4. The largest absolute Gasteiger partial charge is 0.459 e. The van der Waals surface area contributed by atoms with Gasteiger partial charge in [0.15, 0.2) is 0 Å². The summed E-state index contributed by atoms with van der Waals surface area (Å²) in [6.07, 6.45) is 3.08. The van der Waals surface area contributed by atoms with Gasteiger partial charge < -0.3 is 24.8 Å². The number of esters is 1. The number of nitrogens with zero attached hydrogens (tertiary/aromatic N) is 4. The Kier molecular flexibility index (Phi) is 7.03. The Balaban J connectivity index is 1.64. The summed E-state index contributed by atoms with van der Waals surface area (Å²) in [4.78, 5) is 29.9. The first-order chi connectivity index (χ1) is 18.2. The Bertz CT molecular complexity index is 1470. The minimum Gasteiger partial charge on any atom is -0.459 e. The Morgan fingerprint density at radius 2 is 1.84 bits per heavy atom. The number of carbonyl (C=O) groups excluding carboxylic acids is 1. The van der Waals surface area contributed by atoms with E-state index in [0.29, 0.717) is 33.4 Å². The van der Waals surface area contributed by atoms with Crippen LogP contribution in [0, 0.1) is 12.7 Å². The van der Waals surface area contributed by atoms with Crippen molar-refractivity contribution in [2.75, 3.05) is 50.5 Å². The Labute approximate surface area is 221 Å². The number of likely N-dealkylation sites (N-methyl/N-ethyl adjacent to an activating group) is 1. The van der Waals surface area contributed by atoms with Gasteiger partial charge in [-0.3, -0.25) is 0 Å². The third-order valence-corrected chi connectivity index (χ3v) is 7.00. The maximum Gasteiger partial charge on any atom is 0.339 e. The number of pyridine rings is 2. The third-order valence-electron chi connectivity index (χ3n) is 7.00. The number of fused-ring (bicyclic) bond motifs is 1. The van der Waals surface area contributed by atoms with E-state index in [-0.39, 0.29) is 11.9 Å². The van der Waals surface area contributed by atoms with Crippen molar-refractivity contribution in [3.8, 4) is 22.4 Å². The number of benzene rings is 1. The molecular weight excluding hydrogens is 483 g/mol. The molecule has 38 heavy (non-hydrogen) atoms. The number of anilines is 2. The average molecular weight is 517 g/mol. The van der Waals surface area contributed by atoms with Gasteiger partial charge in [-0.25, -0.2) is 19.2 Å². The maximum absolute atomic E-state index is 15.0. The third kappa shape index (κ3) is 4.93. The molecule has 2 N–H and O–H groups in total. The normalized spacial score (nSPS) is 14.3. The number of carbonyl (C=O) groups is 1. The van der Waals surface area contributed by atoms with Gasteiger partial charge in [-0.2, -0.15) is 0 Å². The van der Waals surface area contributed by atoms with Crippen molar-refractivity contribution in [2.24, 2.45) is 0 Å². The monoisotopic (exact) mass is 516 g/mol. The number of rotatable bonds is 6. The van der Waals surface area contributed by atoms with E-state index >= 15 is 4.39 Å². The number of H-pyrrole nitrogens is 1. The van der Waals surface area contributed by atoms with Crippen LogP contribution >= 0.6 is 0 Å². The summed E-state index contributed by atoms with van der Waals surface area (Å²) in [7, 11) is 3.89. The number of piperazine rings is 1. The number of hydrogen-bond donors (Lipinski definition) is 2. The van der Waals surface area contributed by atoms with Gasteiger partial charge >= 0.3 is 5.97 Å². The van der Waals surface area contributed by atoms with Gasteiger partial charge in [0, 0.05) is 73.4 Å². The first kappa shape index (κ1) is 25.7. The quantitative estimate of drug-likeness (QED) is 0.345. The van der Waals surface area contributed by atoms with E-state index in [1.807, 2.05) is 24.4 Å². The van der Waals surface area contributed by atoms with Gasteiger partial charge in [-0.1, -0.05) is 0 Å². The predicted molar refractivity (Wildman–Crippen MR) is 149 cm³/mol. The lowest BCUT2D eigenvalue weighted by atomic mass is 9.97. The maximum atomic E-state index is 15.0. The Hall–Kier alpha value is -3.98. The van der Waals surface area contributed by atoms with E-state index in [2.05, 4.69) is 32.1 Å². The van der Waals surface area contributed by atoms with Crippen LogP contribution in [0.15, 0.2) is 42.7 Å². The molecule has 0 atom stereocenters. The number of nitrogens with one attached hydrogen (secondary N) is 2. The average Bonchev–Trinajstić information content (AvgIpc) is 3.29. The summed E-state index contributed by atoms with van der Waals surface area (Å²) in [5, 5.41) is 3.78. The van der Waals surface area contributed by atoms with Crippen LogP contribution in [0.25, 0.3) is 33.4 Å². The molecule has 9 heteroatoms. The molecule has 198 valence electrons. The van der Waals surface area contributed by atoms with Crippen molar-refractivity contribution >= 4 is 28.5 Å². The smallest absolute Gasteiger partial charge is 0.339 e. The molecule has 4 aromatic rings. The molecule has 1 fully saturated rings. The van der Waals surface area contributed by atoms with Crippen molar-refractivity contribution in [1.29, 1.82) is 0 Å². The fourth-order valence-corrected chi connectivity index (χ4v) is 4.82. The highest BCUT2D eigenvalue weighted by molar-refractivity contribution is 6.05. The van der Waals surface area contributed by atoms with E-state index in [1.165, 1.54) is 12.3 Å². The molecule has 0 aliphatic carbocycles. The molecule has 0 radical (unpaired) electrons. The molecule has 1 aliphatic heterocycles.